The van der Waals surface area contributed by atoms with E-state index >= 15 is 0 Å². The number of aryl methyl sites for hydroxylation is 1. The number of benzene rings is 1. The predicted molar refractivity (Wildman–Crippen MR) is 89.5 cm³/mol. The van der Waals surface area contributed by atoms with Crippen LogP contribution in [0.3, 0.4) is 0 Å². The zero-order chi connectivity index (χ0) is 16.1. The Morgan fingerprint density at radius 3 is 2.77 bits per heavy atom. The highest BCUT2D eigenvalue weighted by molar-refractivity contribution is 9.10. The van der Waals surface area contributed by atoms with Crippen molar-refractivity contribution >= 4 is 33.5 Å². The predicted octanol–water partition coefficient (Wildman–Crippen LogP) is 3.98. The summed E-state index contributed by atoms with van der Waals surface area (Å²) in [5, 5.41) is 2.77. The largest absolute Gasteiger partial charge is 0.452 e. The van der Waals surface area contributed by atoms with E-state index in [2.05, 4.69) is 27.3 Å². The maximum Gasteiger partial charge on any atom is 0.310 e. The second-order valence-corrected chi connectivity index (χ2v) is 6.39. The number of amides is 1. The summed E-state index contributed by atoms with van der Waals surface area (Å²) in [6.07, 6.45) is 5.60. The van der Waals surface area contributed by atoms with Crippen LogP contribution in [0.4, 0.5) is 5.69 Å². The normalized spacial score (nSPS) is 18.6. The van der Waals surface area contributed by atoms with Crippen molar-refractivity contribution in [3.8, 4) is 0 Å². The molecule has 0 saturated heterocycles. The number of carbonyl (C=O) groups is 2. The third-order valence-electron chi connectivity index (χ3n) is 3.65. The molecular formula is C17H20BrNO3. The summed E-state index contributed by atoms with van der Waals surface area (Å²) in [6, 6.07) is 5.64. The first kappa shape index (κ1) is 16.7. The van der Waals surface area contributed by atoms with Crippen molar-refractivity contribution in [3.63, 3.8) is 0 Å². The standard InChI is InChI=1S/C17H20BrNO3/c1-11-8-9-15(14(18)10-11)19-16(20)12(2)22-17(21)13-6-4-3-5-7-13/h3-4,8-10,12-13H,5-7H2,1-2H3,(H,19,20)/t12-,13+/m0/s1. The molecule has 0 radical (unpaired) electrons. The Morgan fingerprint density at radius 1 is 1.36 bits per heavy atom. The SMILES string of the molecule is Cc1ccc(NC(=O)[C@H](C)OC(=O)[C@@H]2CC=CCC2)c(Br)c1. The highest BCUT2D eigenvalue weighted by Crippen LogP contribution is 2.24. The fraction of sp³-hybridized carbons (Fsp3) is 0.412. The maximum atomic E-state index is 12.1. The summed E-state index contributed by atoms with van der Waals surface area (Å²) in [5.41, 5.74) is 1.76. The molecule has 0 fully saturated rings. The fourth-order valence-corrected chi connectivity index (χ4v) is 2.88. The molecule has 1 aromatic carbocycles. The van der Waals surface area contributed by atoms with Crippen molar-refractivity contribution in [2.45, 2.75) is 39.2 Å². The van der Waals surface area contributed by atoms with Crippen molar-refractivity contribution in [1.82, 2.24) is 0 Å². The number of hydrogen-bond acceptors (Lipinski definition) is 3. The molecule has 0 spiro atoms. The van der Waals surface area contributed by atoms with Crippen LogP contribution in [0.1, 0.15) is 31.7 Å². The molecule has 2 atom stereocenters. The van der Waals surface area contributed by atoms with E-state index in [0.29, 0.717) is 12.1 Å². The molecule has 2 rings (SSSR count). The molecule has 0 heterocycles. The van der Waals surface area contributed by atoms with Crippen LogP contribution in [0.25, 0.3) is 0 Å². The molecule has 0 saturated carbocycles. The number of halogens is 1. The number of esters is 1. The summed E-state index contributed by atoms with van der Waals surface area (Å²) in [4.78, 5) is 24.2. The minimum atomic E-state index is -0.813. The van der Waals surface area contributed by atoms with Crippen molar-refractivity contribution in [2.24, 2.45) is 5.92 Å². The highest BCUT2D eigenvalue weighted by Gasteiger charge is 2.25. The van der Waals surface area contributed by atoms with Crippen LogP contribution < -0.4 is 5.32 Å². The zero-order valence-corrected chi connectivity index (χ0v) is 14.4. The average molecular weight is 366 g/mol. The molecule has 0 aromatic heterocycles. The molecule has 1 aromatic rings. The Balaban J connectivity index is 1.91. The number of carbonyl (C=O) groups excluding carboxylic acids is 2. The van der Waals surface area contributed by atoms with Gasteiger partial charge in [-0.1, -0.05) is 18.2 Å². The summed E-state index contributed by atoms with van der Waals surface area (Å²) in [5.74, 6) is -0.759. The molecule has 0 bridgehead atoms. The molecule has 22 heavy (non-hydrogen) atoms. The van der Waals surface area contributed by atoms with E-state index in [4.69, 9.17) is 4.74 Å². The molecule has 5 heteroatoms. The molecule has 4 nitrogen and oxygen atoms in total. The van der Waals surface area contributed by atoms with Gasteiger partial charge in [0.25, 0.3) is 5.91 Å². The first-order chi connectivity index (χ1) is 10.5. The van der Waals surface area contributed by atoms with Crippen molar-refractivity contribution in [2.75, 3.05) is 5.32 Å². The van der Waals surface area contributed by atoms with Gasteiger partial charge in [0, 0.05) is 4.47 Å². The van der Waals surface area contributed by atoms with Gasteiger partial charge in [-0.15, -0.1) is 0 Å². The summed E-state index contributed by atoms with van der Waals surface area (Å²) in [7, 11) is 0. The fourth-order valence-electron chi connectivity index (χ4n) is 2.29. The second-order valence-electron chi connectivity index (χ2n) is 5.53. The van der Waals surface area contributed by atoms with Gasteiger partial charge >= 0.3 is 5.97 Å². The van der Waals surface area contributed by atoms with Crippen LogP contribution in [0.15, 0.2) is 34.8 Å². The second kappa shape index (κ2) is 7.58. The lowest BCUT2D eigenvalue weighted by molar-refractivity contribution is -0.157. The van der Waals surface area contributed by atoms with E-state index in [-0.39, 0.29) is 17.8 Å². The minimum Gasteiger partial charge on any atom is -0.452 e. The van der Waals surface area contributed by atoms with E-state index in [0.717, 1.165) is 22.9 Å². The average Bonchev–Trinajstić information content (AvgIpc) is 2.50. The van der Waals surface area contributed by atoms with Gasteiger partial charge in [-0.25, -0.2) is 0 Å². The van der Waals surface area contributed by atoms with Crippen LogP contribution in [0.5, 0.6) is 0 Å². The smallest absolute Gasteiger partial charge is 0.310 e. The van der Waals surface area contributed by atoms with Crippen molar-refractivity contribution in [1.29, 1.82) is 0 Å². The van der Waals surface area contributed by atoms with Crippen molar-refractivity contribution < 1.29 is 14.3 Å². The number of nitrogens with one attached hydrogen (secondary N) is 1. The molecule has 0 aliphatic heterocycles. The van der Waals surface area contributed by atoms with Crippen molar-refractivity contribution in [3.05, 3.63) is 40.4 Å². The first-order valence-electron chi connectivity index (χ1n) is 7.40. The van der Waals surface area contributed by atoms with Crippen LogP contribution in [0, 0.1) is 12.8 Å². The highest BCUT2D eigenvalue weighted by atomic mass is 79.9. The molecule has 1 amide bonds. The lowest BCUT2D eigenvalue weighted by Gasteiger charge is -2.20. The quantitative estimate of drug-likeness (QED) is 0.648. The Kier molecular flexibility index (Phi) is 5.77. The van der Waals surface area contributed by atoms with Crippen LogP contribution in [-0.4, -0.2) is 18.0 Å². The Hall–Kier alpha value is -1.62. The minimum absolute atomic E-state index is 0.133. The molecule has 1 N–H and O–H groups in total. The van der Waals surface area contributed by atoms with Gasteiger partial charge in [-0.3, -0.25) is 9.59 Å². The van der Waals surface area contributed by atoms with E-state index in [1.165, 1.54) is 0 Å². The Morgan fingerprint density at radius 2 is 2.14 bits per heavy atom. The molecule has 1 aliphatic rings. The maximum absolute atomic E-state index is 12.1. The number of allylic oxidation sites excluding steroid dienone is 2. The van der Waals surface area contributed by atoms with Gasteiger partial charge in [0.2, 0.25) is 0 Å². The molecular weight excluding hydrogens is 346 g/mol. The lowest BCUT2D eigenvalue weighted by atomic mass is 9.95. The Bertz CT molecular complexity index is 598. The summed E-state index contributed by atoms with van der Waals surface area (Å²) in [6.45, 7) is 3.56. The number of ether oxygens (including phenoxy) is 1. The summed E-state index contributed by atoms with van der Waals surface area (Å²) >= 11 is 3.41. The molecule has 1 aliphatic carbocycles. The number of rotatable bonds is 4. The van der Waals surface area contributed by atoms with Gasteiger partial charge in [-0.05, 0) is 66.7 Å². The van der Waals surface area contributed by atoms with Gasteiger partial charge in [0.05, 0.1) is 11.6 Å². The van der Waals surface area contributed by atoms with Crippen LogP contribution in [0.2, 0.25) is 0 Å². The lowest BCUT2D eigenvalue weighted by Crippen LogP contribution is -2.32. The van der Waals surface area contributed by atoms with Gasteiger partial charge in [0.15, 0.2) is 6.10 Å². The monoisotopic (exact) mass is 365 g/mol. The third-order valence-corrected chi connectivity index (χ3v) is 4.30. The van der Waals surface area contributed by atoms with Gasteiger partial charge in [0.1, 0.15) is 0 Å². The number of anilines is 1. The van der Waals surface area contributed by atoms with E-state index in [1.807, 2.05) is 31.2 Å². The number of hydrogen-bond donors (Lipinski definition) is 1. The third kappa shape index (κ3) is 4.44. The van der Waals surface area contributed by atoms with Gasteiger partial charge in [-0.2, -0.15) is 0 Å². The van der Waals surface area contributed by atoms with E-state index in [9.17, 15) is 9.59 Å². The molecule has 118 valence electrons. The zero-order valence-electron chi connectivity index (χ0n) is 12.8. The first-order valence-corrected chi connectivity index (χ1v) is 8.19. The van der Waals surface area contributed by atoms with E-state index < -0.39 is 6.10 Å². The van der Waals surface area contributed by atoms with Crippen LogP contribution in [-0.2, 0) is 14.3 Å². The summed E-state index contributed by atoms with van der Waals surface area (Å²) < 4.78 is 6.09. The topological polar surface area (TPSA) is 55.4 Å². The Labute approximate surface area is 139 Å². The van der Waals surface area contributed by atoms with E-state index in [1.54, 1.807) is 6.92 Å². The van der Waals surface area contributed by atoms with Gasteiger partial charge < -0.3 is 10.1 Å². The van der Waals surface area contributed by atoms with Crippen LogP contribution >= 0.6 is 15.9 Å². The molecule has 0 unspecified atom stereocenters.